The predicted octanol–water partition coefficient (Wildman–Crippen LogP) is 2.57. The van der Waals surface area contributed by atoms with Gasteiger partial charge in [0.05, 0.1) is 16.8 Å². The van der Waals surface area contributed by atoms with Gasteiger partial charge in [-0.15, -0.1) is 0 Å². The third-order valence-electron chi connectivity index (χ3n) is 3.85. The zero-order valence-electron chi connectivity index (χ0n) is 14.8. The first-order chi connectivity index (χ1) is 11.5. The average Bonchev–Trinajstić information content (AvgIpc) is 2.49. The number of pyridine rings is 1. The lowest BCUT2D eigenvalue weighted by Crippen LogP contribution is -2.18. The molecule has 1 heterocycles. The predicted molar refractivity (Wildman–Crippen MR) is 97.0 cm³/mol. The van der Waals surface area contributed by atoms with Gasteiger partial charge in [-0.25, -0.2) is 18.2 Å². The number of benzene rings is 1. The highest BCUT2D eigenvalue weighted by atomic mass is 32.2. The van der Waals surface area contributed by atoms with Gasteiger partial charge in [0.2, 0.25) is 0 Å². The Morgan fingerprint density at radius 2 is 1.68 bits per heavy atom. The van der Waals surface area contributed by atoms with Crippen molar-refractivity contribution < 1.29 is 18.3 Å². The molecule has 0 fully saturated rings. The topological polar surface area (TPSA) is 99.6 Å². The van der Waals surface area contributed by atoms with Gasteiger partial charge in [0.25, 0.3) is 10.0 Å². The smallest absolute Gasteiger partial charge is 0.339 e. The van der Waals surface area contributed by atoms with Crippen molar-refractivity contribution in [2.24, 2.45) is 0 Å². The Morgan fingerprint density at radius 1 is 1.08 bits per heavy atom. The SMILES string of the molecule is Cc1cc(C)c(S(=O)(=O)Nc2cnc(N(C)C)c(C(=O)O)c2)cc1C. The van der Waals surface area contributed by atoms with Crippen LogP contribution < -0.4 is 9.62 Å². The molecule has 0 unspecified atom stereocenters. The van der Waals surface area contributed by atoms with Crippen LogP contribution in [0.5, 0.6) is 0 Å². The zero-order valence-corrected chi connectivity index (χ0v) is 15.6. The van der Waals surface area contributed by atoms with Crippen LogP contribution in [0.4, 0.5) is 11.5 Å². The summed E-state index contributed by atoms with van der Waals surface area (Å²) in [5.74, 6) is -0.933. The van der Waals surface area contributed by atoms with Gasteiger partial charge in [-0.3, -0.25) is 4.72 Å². The Kier molecular flexibility index (Phi) is 5.03. The molecule has 0 saturated heterocycles. The van der Waals surface area contributed by atoms with Crippen LogP contribution >= 0.6 is 0 Å². The minimum atomic E-state index is -3.86. The molecular formula is C17H21N3O4S. The minimum Gasteiger partial charge on any atom is -0.478 e. The number of carboxylic acids is 1. The molecule has 0 saturated carbocycles. The van der Waals surface area contributed by atoms with Crippen LogP contribution in [0.3, 0.4) is 0 Å². The molecule has 2 rings (SSSR count). The molecule has 2 N–H and O–H groups in total. The van der Waals surface area contributed by atoms with Gasteiger partial charge >= 0.3 is 5.97 Å². The van der Waals surface area contributed by atoms with E-state index in [1.807, 2.05) is 13.8 Å². The Morgan fingerprint density at radius 3 is 2.24 bits per heavy atom. The van der Waals surface area contributed by atoms with Gasteiger partial charge in [-0.2, -0.15) is 0 Å². The zero-order chi connectivity index (χ0) is 18.9. The van der Waals surface area contributed by atoms with Crippen LogP contribution in [0.1, 0.15) is 27.0 Å². The number of anilines is 2. The first kappa shape index (κ1) is 18.7. The average molecular weight is 363 g/mol. The number of aromatic nitrogens is 1. The lowest BCUT2D eigenvalue weighted by molar-refractivity contribution is 0.0697. The first-order valence-electron chi connectivity index (χ1n) is 7.54. The van der Waals surface area contributed by atoms with E-state index in [2.05, 4.69) is 9.71 Å². The molecule has 0 aliphatic rings. The van der Waals surface area contributed by atoms with Crippen LogP contribution in [0.2, 0.25) is 0 Å². The van der Waals surface area contributed by atoms with E-state index in [4.69, 9.17) is 0 Å². The van der Waals surface area contributed by atoms with Crippen molar-refractivity contribution >= 4 is 27.5 Å². The molecule has 1 aromatic heterocycles. The van der Waals surface area contributed by atoms with E-state index in [1.165, 1.54) is 12.3 Å². The summed E-state index contributed by atoms with van der Waals surface area (Å²) in [6.45, 7) is 5.47. The van der Waals surface area contributed by atoms with Crippen LogP contribution in [-0.2, 0) is 10.0 Å². The molecule has 7 nitrogen and oxygen atoms in total. The second-order valence-electron chi connectivity index (χ2n) is 6.10. The van der Waals surface area contributed by atoms with E-state index < -0.39 is 16.0 Å². The lowest BCUT2D eigenvalue weighted by atomic mass is 10.1. The summed E-state index contributed by atoms with van der Waals surface area (Å²) in [4.78, 5) is 17.2. The highest BCUT2D eigenvalue weighted by Crippen LogP contribution is 2.25. The van der Waals surface area contributed by atoms with Gasteiger partial charge in [0.1, 0.15) is 11.4 Å². The van der Waals surface area contributed by atoms with Gasteiger partial charge in [0, 0.05) is 14.1 Å². The molecule has 1 aromatic carbocycles. The van der Waals surface area contributed by atoms with E-state index in [1.54, 1.807) is 38.1 Å². The van der Waals surface area contributed by atoms with E-state index in [-0.39, 0.29) is 22.0 Å². The van der Waals surface area contributed by atoms with Crippen LogP contribution in [0.15, 0.2) is 29.3 Å². The minimum absolute atomic E-state index is 0.0815. The quantitative estimate of drug-likeness (QED) is 0.847. The fraction of sp³-hybridized carbons (Fsp3) is 0.294. The normalized spacial score (nSPS) is 11.2. The summed E-state index contributed by atoms with van der Waals surface area (Å²) in [5, 5.41) is 9.32. The van der Waals surface area contributed by atoms with Crippen LogP contribution in [0, 0.1) is 20.8 Å². The van der Waals surface area contributed by atoms with Crippen molar-refractivity contribution in [2.75, 3.05) is 23.7 Å². The molecule has 2 aromatic rings. The molecule has 0 aliphatic carbocycles. The summed E-state index contributed by atoms with van der Waals surface area (Å²) < 4.78 is 27.8. The van der Waals surface area contributed by atoms with Gasteiger partial charge in [0.15, 0.2) is 0 Å². The second kappa shape index (κ2) is 6.72. The van der Waals surface area contributed by atoms with Crippen molar-refractivity contribution in [3.63, 3.8) is 0 Å². The number of rotatable bonds is 5. The molecule has 25 heavy (non-hydrogen) atoms. The molecule has 0 radical (unpaired) electrons. The molecule has 134 valence electrons. The highest BCUT2D eigenvalue weighted by molar-refractivity contribution is 7.92. The summed E-state index contributed by atoms with van der Waals surface area (Å²) in [6, 6.07) is 4.67. The fourth-order valence-corrected chi connectivity index (χ4v) is 3.81. The molecule has 0 bridgehead atoms. The standard InChI is InChI=1S/C17H21N3O4S/c1-10-6-12(3)15(7-11(10)2)25(23,24)19-13-8-14(17(21)22)16(18-9-13)20(4)5/h6-9,19H,1-5H3,(H,21,22). The number of carboxylic acid groups (broad SMARTS) is 1. The molecule has 0 amide bonds. The maximum atomic E-state index is 12.7. The van der Waals surface area contributed by atoms with Crippen molar-refractivity contribution in [2.45, 2.75) is 25.7 Å². The summed E-state index contributed by atoms with van der Waals surface area (Å²) >= 11 is 0. The molecule has 8 heteroatoms. The molecule has 0 spiro atoms. The number of hydrogen-bond donors (Lipinski definition) is 2. The number of hydrogen-bond acceptors (Lipinski definition) is 5. The fourth-order valence-electron chi connectivity index (χ4n) is 2.46. The van der Waals surface area contributed by atoms with E-state index in [9.17, 15) is 18.3 Å². The van der Waals surface area contributed by atoms with E-state index in [0.717, 1.165) is 11.1 Å². The molecule has 0 aliphatic heterocycles. The van der Waals surface area contributed by atoms with Gasteiger partial charge in [-0.05, 0) is 49.6 Å². The number of nitrogens with zero attached hydrogens (tertiary/aromatic N) is 2. The van der Waals surface area contributed by atoms with Crippen molar-refractivity contribution in [1.82, 2.24) is 4.98 Å². The monoisotopic (exact) mass is 363 g/mol. The number of aromatic carboxylic acids is 1. The third-order valence-corrected chi connectivity index (χ3v) is 5.38. The Hall–Kier alpha value is -2.61. The highest BCUT2D eigenvalue weighted by Gasteiger charge is 2.20. The lowest BCUT2D eigenvalue weighted by Gasteiger charge is -2.16. The summed E-state index contributed by atoms with van der Waals surface area (Å²) in [7, 11) is -0.528. The van der Waals surface area contributed by atoms with Crippen LogP contribution in [0.25, 0.3) is 0 Å². The van der Waals surface area contributed by atoms with E-state index >= 15 is 0 Å². The van der Waals surface area contributed by atoms with Gasteiger partial charge in [-0.1, -0.05) is 6.07 Å². The Balaban J connectivity index is 2.47. The van der Waals surface area contributed by atoms with Crippen LogP contribution in [-0.4, -0.2) is 38.6 Å². The van der Waals surface area contributed by atoms with Crippen molar-refractivity contribution in [3.8, 4) is 0 Å². The van der Waals surface area contributed by atoms with Crippen molar-refractivity contribution in [1.29, 1.82) is 0 Å². The largest absolute Gasteiger partial charge is 0.478 e. The number of nitrogens with one attached hydrogen (secondary N) is 1. The number of aryl methyl sites for hydroxylation is 3. The molecular weight excluding hydrogens is 342 g/mol. The summed E-state index contributed by atoms with van der Waals surface area (Å²) in [6.07, 6.45) is 1.30. The third kappa shape index (κ3) is 3.90. The van der Waals surface area contributed by atoms with E-state index in [0.29, 0.717) is 5.56 Å². The van der Waals surface area contributed by atoms with Gasteiger partial charge < -0.3 is 10.0 Å². The molecule has 0 atom stereocenters. The second-order valence-corrected chi connectivity index (χ2v) is 7.75. The Labute approximate surface area is 147 Å². The Bertz CT molecular complexity index is 937. The number of carbonyl (C=O) groups is 1. The number of sulfonamides is 1. The summed E-state index contributed by atoms with van der Waals surface area (Å²) in [5.41, 5.74) is 2.49. The maximum Gasteiger partial charge on any atom is 0.339 e. The van der Waals surface area contributed by atoms with Crippen molar-refractivity contribution in [3.05, 3.63) is 46.6 Å². The maximum absolute atomic E-state index is 12.7. The first-order valence-corrected chi connectivity index (χ1v) is 9.02.